The molecule has 19 heavy (non-hydrogen) atoms. The number of nitrogens with zero attached hydrogens (tertiary/aromatic N) is 1. The second-order valence-electron chi connectivity index (χ2n) is 4.45. The molecule has 0 bridgehead atoms. The molecule has 0 aliphatic rings. The number of aromatic nitrogens is 1. The van der Waals surface area contributed by atoms with Crippen LogP contribution in [0, 0.1) is 13.8 Å². The Kier molecular flexibility index (Phi) is 3.80. The van der Waals surface area contributed by atoms with Gasteiger partial charge in [0.2, 0.25) is 0 Å². The maximum atomic E-state index is 12.0. The number of aryl methyl sites for hydroxylation is 1. The van der Waals surface area contributed by atoms with Crippen molar-refractivity contribution in [3.05, 3.63) is 58.9 Å². The summed E-state index contributed by atoms with van der Waals surface area (Å²) in [5, 5.41) is 12.7. The quantitative estimate of drug-likeness (QED) is 0.886. The molecule has 0 fully saturated rings. The monoisotopic (exact) mass is 256 g/mol. The first kappa shape index (κ1) is 13.1. The zero-order chi connectivity index (χ0) is 13.8. The Hall–Kier alpha value is -2.36. The molecule has 2 N–H and O–H groups in total. The summed E-state index contributed by atoms with van der Waals surface area (Å²) in [7, 11) is 0. The van der Waals surface area contributed by atoms with Crippen molar-refractivity contribution in [2.24, 2.45) is 0 Å². The van der Waals surface area contributed by atoms with Crippen molar-refractivity contribution in [3.63, 3.8) is 0 Å². The number of amides is 1. The van der Waals surface area contributed by atoms with Gasteiger partial charge >= 0.3 is 0 Å². The van der Waals surface area contributed by atoms with Gasteiger partial charge in [0, 0.05) is 18.9 Å². The third-order valence-corrected chi connectivity index (χ3v) is 3.12. The molecule has 4 heteroatoms. The van der Waals surface area contributed by atoms with Crippen LogP contribution in [-0.4, -0.2) is 16.0 Å². The molecule has 0 spiro atoms. The molecule has 0 radical (unpaired) electrons. The van der Waals surface area contributed by atoms with Gasteiger partial charge in [0.15, 0.2) is 0 Å². The summed E-state index contributed by atoms with van der Waals surface area (Å²) in [6.07, 6.45) is 3.38. The van der Waals surface area contributed by atoms with Gasteiger partial charge in [-0.15, -0.1) is 0 Å². The summed E-state index contributed by atoms with van der Waals surface area (Å²) < 4.78 is 0. The van der Waals surface area contributed by atoms with Crippen molar-refractivity contribution in [1.82, 2.24) is 10.3 Å². The molecule has 0 saturated heterocycles. The van der Waals surface area contributed by atoms with Crippen LogP contribution in [0.25, 0.3) is 0 Å². The second-order valence-corrected chi connectivity index (χ2v) is 4.45. The molecule has 2 aromatic rings. The van der Waals surface area contributed by atoms with Gasteiger partial charge in [0.1, 0.15) is 5.75 Å². The van der Waals surface area contributed by atoms with Gasteiger partial charge in [0.05, 0.1) is 5.56 Å². The third kappa shape index (κ3) is 2.91. The zero-order valence-electron chi connectivity index (χ0n) is 11.0. The highest BCUT2D eigenvalue weighted by molar-refractivity contribution is 5.97. The minimum Gasteiger partial charge on any atom is -0.507 e. The molecule has 0 atom stereocenters. The summed E-state index contributed by atoms with van der Waals surface area (Å²) in [5.74, 6) is -0.242. The van der Waals surface area contributed by atoms with Crippen LogP contribution < -0.4 is 5.32 Å². The molecule has 0 unspecified atom stereocenters. The van der Waals surface area contributed by atoms with Gasteiger partial charge in [-0.05, 0) is 42.7 Å². The Morgan fingerprint density at radius 3 is 2.79 bits per heavy atom. The Balaban J connectivity index is 2.11. The molecule has 1 aromatic carbocycles. The molecular weight excluding hydrogens is 240 g/mol. The lowest BCUT2D eigenvalue weighted by molar-refractivity contribution is 0.0948. The first-order valence-corrected chi connectivity index (χ1v) is 6.06. The number of carbonyl (C=O) groups excluding carboxylic acids is 1. The third-order valence-electron chi connectivity index (χ3n) is 3.12. The first-order valence-electron chi connectivity index (χ1n) is 6.06. The van der Waals surface area contributed by atoms with E-state index >= 15 is 0 Å². The summed E-state index contributed by atoms with van der Waals surface area (Å²) in [5.41, 5.74) is 2.90. The van der Waals surface area contributed by atoms with Gasteiger partial charge < -0.3 is 10.4 Å². The number of benzene rings is 1. The Bertz CT molecular complexity index is 595. The van der Waals surface area contributed by atoms with E-state index in [-0.39, 0.29) is 11.7 Å². The molecule has 4 nitrogen and oxygen atoms in total. The SMILES string of the molecule is Cc1ccc(C(=O)NCc2cccnc2)c(O)c1C. The van der Waals surface area contributed by atoms with Gasteiger partial charge in [-0.1, -0.05) is 12.1 Å². The molecule has 0 saturated carbocycles. The van der Waals surface area contributed by atoms with E-state index in [2.05, 4.69) is 10.3 Å². The van der Waals surface area contributed by atoms with Crippen molar-refractivity contribution >= 4 is 5.91 Å². The van der Waals surface area contributed by atoms with E-state index < -0.39 is 0 Å². The van der Waals surface area contributed by atoms with E-state index in [4.69, 9.17) is 0 Å². The fourth-order valence-corrected chi connectivity index (χ4v) is 1.76. The van der Waals surface area contributed by atoms with Gasteiger partial charge in [-0.3, -0.25) is 9.78 Å². The predicted octanol–water partition coefficient (Wildman–Crippen LogP) is 2.33. The summed E-state index contributed by atoms with van der Waals surface area (Å²) in [4.78, 5) is 16.0. The largest absolute Gasteiger partial charge is 0.507 e. The van der Waals surface area contributed by atoms with Gasteiger partial charge in [-0.25, -0.2) is 0 Å². The zero-order valence-corrected chi connectivity index (χ0v) is 11.0. The molecular formula is C15H16N2O2. The fraction of sp³-hybridized carbons (Fsp3) is 0.200. The Labute approximate surface area is 112 Å². The Morgan fingerprint density at radius 2 is 2.11 bits per heavy atom. The number of aromatic hydroxyl groups is 1. The van der Waals surface area contributed by atoms with Crippen LogP contribution in [-0.2, 0) is 6.54 Å². The highest BCUT2D eigenvalue weighted by Gasteiger charge is 2.13. The lowest BCUT2D eigenvalue weighted by atomic mass is 10.0. The smallest absolute Gasteiger partial charge is 0.255 e. The fourth-order valence-electron chi connectivity index (χ4n) is 1.76. The first-order chi connectivity index (χ1) is 9.09. The number of rotatable bonds is 3. The summed E-state index contributed by atoms with van der Waals surface area (Å²) >= 11 is 0. The van der Waals surface area contributed by atoms with E-state index in [0.717, 1.165) is 16.7 Å². The van der Waals surface area contributed by atoms with Crippen LogP contribution in [0.1, 0.15) is 27.0 Å². The van der Waals surface area contributed by atoms with Crippen molar-refractivity contribution in [2.75, 3.05) is 0 Å². The average Bonchev–Trinajstić information content (AvgIpc) is 2.43. The number of nitrogens with one attached hydrogen (secondary N) is 1. The minimum atomic E-state index is -0.288. The average molecular weight is 256 g/mol. The van der Waals surface area contributed by atoms with Crippen LogP contribution in [0.4, 0.5) is 0 Å². The topological polar surface area (TPSA) is 62.2 Å². The molecule has 0 aliphatic heterocycles. The molecule has 1 amide bonds. The van der Waals surface area contributed by atoms with E-state index in [1.54, 1.807) is 25.4 Å². The molecule has 1 heterocycles. The molecule has 0 aliphatic carbocycles. The normalized spacial score (nSPS) is 10.2. The number of hydrogen-bond donors (Lipinski definition) is 2. The summed E-state index contributed by atoms with van der Waals surface area (Å²) in [6.45, 7) is 4.08. The summed E-state index contributed by atoms with van der Waals surface area (Å²) in [6, 6.07) is 7.16. The van der Waals surface area contributed by atoms with Crippen LogP contribution >= 0.6 is 0 Å². The number of pyridine rings is 1. The molecule has 1 aromatic heterocycles. The van der Waals surface area contributed by atoms with E-state index in [1.807, 2.05) is 25.1 Å². The standard InChI is InChI=1S/C15H16N2O2/c1-10-5-6-13(14(18)11(10)2)15(19)17-9-12-4-3-7-16-8-12/h3-8,18H,9H2,1-2H3,(H,17,19). The highest BCUT2D eigenvalue weighted by Crippen LogP contribution is 2.24. The van der Waals surface area contributed by atoms with Gasteiger partial charge in [-0.2, -0.15) is 0 Å². The van der Waals surface area contributed by atoms with Crippen LogP contribution in [0.15, 0.2) is 36.7 Å². The highest BCUT2D eigenvalue weighted by atomic mass is 16.3. The van der Waals surface area contributed by atoms with Crippen molar-refractivity contribution < 1.29 is 9.90 Å². The Morgan fingerprint density at radius 1 is 1.32 bits per heavy atom. The van der Waals surface area contributed by atoms with Gasteiger partial charge in [0.25, 0.3) is 5.91 Å². The van der Waals surface area contributed by atoms with E-state index in [9.17, 15) is 9.90 Å². The minimum absolute atomic E-state index is 0.0451. The second kappa shape index (κ2) is 5.52. The van der Waals surface area contributed by atoms with Crippen LogP contribution in [0.3, 0.4) is 0 Å². The number of phenols is 1. The molecule has 98 valence electrons. The van der Waals surface area contributed by atoms with E-state index in [1.165, 1.54) is 0 Å². The maximum Gasteiger partial charge on any atom is 0.255 e. The predicted molar refractivity (Wildman–Crippen MR) is 73.0 cm³/mol. The maximum absolute atomic E-state index is 12.0. The number of carbonyl (C=O) groups is 1. The van der Waals surface area contributed by atoms with Crippen molar-refractivity contribution in [3.8, 4) is 5.75 Å². The van der Waals surface area contributed by atoms with E-state index in [0.29, 0.717) is 12.1 Å². The van der Waals surface area contributed by atoms with Crippen LogP contribution in [0.5, 0.6) is 5.75 Å². The van der Waals surface area contributed by atoms with Crippen molar-refractivity contribution in [1.29, 1.82) is 0 Å². The number of hydrogen-bond acceptors (Lipinski definition) is 3. The van der Waals surface area contributed by atoms with Crippen LogP contribution in [0.2, 0.25) is 0 Å². The number of phenolic OH excluding ortho intramolecular Hbond substituents is 1. The molecule has 2 rings (SSSR count). The van der Waals surface area contributed by atoms with Crippen molar-refractivity contribution in [2.45, 2.75) is 20.4 Å². The lowest BCUT2D eigenvalue weighted by Crippen LogP contribution is -2.23. The lowest BCUT2D eigenvalue weighted by Gasteiger charge is -2.10.